The third kappa shape index (κ3) is 3050. The third-order valence-electron chi connectivity index (χ3n) is 0. The van der Waals surface area contributed by atoms with Crippen molar-refractivity contribution < 1.29 is 66.0 Å². The minimum atomic E-state index is -5.17. The van der Waals surface area contributed by atoms with Gasteiger partial charge in [0, 0.05) is 10.4 Å². The average Bonchev–Trinajstić information content (AvgIpc) is 1.19. The molecular weight excluding hydrogens is 254 g/mol. The fourth-order valence-corrected chi connectivity index (χ4v) is 0. The molecule has 11 heteroatoms. The summed E-state index contributed by atoms with van der Waals surface area (Å²) in [6, 6.07) is 0. The van der Waals surface area contributed by atoms with Gasteiger partial charge in [-0.2, -0.15) is 0 Å². The maximum Gasteiger partial charge on any atom is 4.00 e. The van der Waals surface area contributed by atoms with E-state index in [0.717, 1.165) is 0 Å². The van der Waals surface area contributed by atoms with E-state index in [-0.39, 0.29) is 43.4 Å². The van der Waals surface area contributed by atoms with Crippen molar-refractivity contribution in [3.05, 3.63) is 15.3 Å². The van der Waals surface area contributed by atoms with Gasteiger partial charge in [0.05, 0.1) is 5.09 Å². The van der Waals surface area contributed by atoms with Crippen LogP contribution in [-0.2, 0) is 53.8 Å². The summed E-state index contributed by atoms with van der Waals surface area (Å²) in [5.41, 5.74) is 0. The van der Waals surface area contributed by atoms with Gasteiger partial charge in [-0.3, -0.25) is 8.42 Å². The van der Waals surface area contributed by atoms with Crippen LogP contribution in [0.3, 0.4) is 0 Å². The smallest absolute Gasteiger partial charge is 0.759 e. The van der Waals surface area contributed by atoms with Gasteiger partial charge in [-0.05, 0) is 0 Å². The summed E-state index contributed by atoms with van der Waals surface area (Å²) in [5.74, 6) is 0. The van der Waals surface area contributed by atoms with E-state index in [2.05, 4.69) is 0 Å². The van der Waals surface area contributed by atoms with Crippen LogP contribution in [0.25, 0.3) is 0 Å². The largest absolute Gasteiger partial charge is 4.00 e. The minimum absolute atomic E-state index is 0. The summed E-state index contributed by atoms with van der Waals surface area (Å²) in [6.45, 7) is 0. The quantitative estimate of drug-likeness (QED) is 0.166. The fourth-order valence-electron chi connectivity index (χ4n) is 0. The predicted octanol–water partition coefficient (Wildman–Crippen LogP) is -1.58. The Hall–Kier alpha value is 0.499. The number of hydrogen-bond acceptors (Lipinski definition) is 7. The first-order chi connectivity index (χ1) is 3.73. The molecule has 0 rings (SSSR count). The van der Waals surface area contributed by atoms with Gasteiger partial charge < -0.3 is 24.4 Å². The molecule has 0 spiro atoms. The maximum atomic E-state index is 8.52. The summed E-state index contributed by atoms with van der Waals surface area (Å²) in [5, 5.41) is 14.8. The molecular formula is NO7STi2+5. The van der Waals surface area contributed by atoms with Crippen LogP contribution in [0.1, 0.15) is 0 Å². The van der Waals surface area contributed by atoms with E-state index in [1.807, 2.05) is 0 Å². The zero-order chi connectivity index (χ0) is 8.08. The first-order valence-electron chi connectivity index (χ1n) is 1.21. The van der Waals surface area contributed by atoms with Crippen molar-refractivity contribution in [3.8, 4) is 0 Å². The van der Waals surface area contributed by atoms with Crippen LogP contribution in [0.5, 0.6) is 0 Å². The first-order valence-corrected chi connectivity index (χ1v) is 2.55. The number of hydrogen-bond donors (Lipinski definition) is 0. The molecule has 11 heavy (non-hydrogen) atoms. The van der Waals surface area contributed by atoms with Crippen LogP contribution >= 0.6 is 0 Å². The Labute approximate surface area is 91.4 Å². The second kappa shape index (κ2) is 10.5. The second-order valence-electron chi connectivity index (χ2n) is 0.632. The molecule has 56 valence electrons. The van der Waals surface area contributed by atoms with Gasteiger partial charge in [-0.15, -0.1) is 0 Å². The van der Waals surface area contributed by atoms with Crippen molar-refractivity contribution in [1.29, 1.82) is 0 Å². The Morgan fingerprint density at radius 3 is 1.00 bits per heavy atom. The molecule has 0 aromatic carbocycles. The van der Waals surface area contributed by atoms with Crippen LogP contribution in [0.15, 0.2) is 0 Å². The Morgan fingerprint density at radius 1 is 1.00 bits per heavy atom. The van der Waals surface area contributed by atoms with Crippen LogP contribution in [0.4, 0.5) is 0 Å². The van der Waals surface area contributed by atoms with E-state index in [1.165, 1.54) is 0 Å². The summed E-state index contributed by atoms with van der Waals surface area (Å²) < 4.78 is 34.1. The summed E-state index contributed by atoms with van der Waals surface area (Å²) in [4.78, 5) is 8.25. The minimum Gasteiger partial charge on any atom is -0.759 e. The Bertz CT molecular complexity index is 159. The molecule has 0 amide bonds. The molecule has 0 fully saturated rings. The van der Waals surface area contributed by atoms with Crippen molar-refractivity contribution in [2.45, 2.75) is 0 Å². The molecule has 0 aliphatic rings. The van der Waals surface area contributed by atoms with Crippen molar-refractivity contribution >= 4 is 10.4 Å². The summed E-state index contributed by atoms with van der Waals surface area (Å²) in [6.07, 6.45) is 0. The average molecular weight is 254 g/mol. The zero-order valence-electron chi connectivity index (χ0n) is 4.71. The molecule has 0 unspecified atom stereocenters. The van der Waals surface area contributed by atoms with Crippen molar-refractivity contribution in [1.82, 2.24) is 0 Å². The topological polar surface area (TPSA) is 146 Å². The standard InChI is InChI=1S/NO3.H2O4S.2Ti/c2-1(3)4;1-5(2,3)4;;/h;(H2,1,2,3,4);;/q-1;;2*+4/p-2. The molecule has 0 aliphatic carbocycles. The van der Waals surface area contributed by atoms with E-state index >= 15 is 0 Å². The fraction of sp³-hybridized carbons (Fsp3) is 0. The number of nitrogens with zero attached hydrogens (tertiary/aromatic N) is 1. The molecule has 0 radical (unpaired) electrons. The molecule has 0 bridgehead atoms. The van der Waals surface area contributed by atoms with E-state index in [9.17, 15) is 0 Å². The SMILES string of the molecule is O=S(=O)([O-])[O-].O=[N+]([O-])[O-].[Ti+4].[Ti+4]. The van der Waals surface area contributed by atoms with E-state index in [1.54, 1.807) is 0 Å². The van der Waals surface area contributed by atoms with E-state index in [0.29, 0.717) is 0 Å². The van der Waals surface area contributed by atoms with E-state index < -0.39 is 15.5 Å². The molecule has 0 aliphatic heterocycles. The van der Waals surface area contributed by atoms with Gasteiger partial charge in [0.2, 0.25) is 0 Å². The molecule has 0 aromatic heterocycles. The number of rotatable bonds is 0. The molecule has 0 saturated heterocycles. The van der Waals surface area contributed by atoms with Crippen LogP contribution < -0.4 is 0 Å². The van der Waals surface area contributed by atoms with Crippen molar-refractivity contribution in [2.24, 2.45) is 0 Å². The normalized spacial score (nSPS) is 7.45. The molecule has 0 N–H and O–H groups in total. The summed E-state index contributed by atoms with van der Waals surface area (Å²) >= 11 is 0. The predicted molar refractivity (Wildman–Crippen MR) is 20.8 cm³/mol. The molecule has 0 heterocycles. The summed E-state index contributed by atoms with van der Waals surface area (Å²) in [7, 11) is -5.17. The second-order valence-corrected chi connectivity index (χ2v) is 1.45. The van der Waals surface area contributed by atoms with Gasteiger partial charge in [0.1, 0.15) is 0 Å². The van der Waals surface area contributed by atoms with Crippen molar-refractivity contribution in [3.63, 3.8) is 0 Å². The van der Waals surface area contributed by atoms with Crippen LogP contribution in [0.2, 0.25) is 0 Å². The van der Waals surface area contributed by atoms with Crippen LogP contribution in [0, 0.1) is 15.3 Å². The van der Waals surface area contributed by atoms with Gasteiger partial charge in [0.25, 0.3) is 0 Å². The molecule has 0 aromatic rings. The zero-order valence-corrected chi connectivity index (χ0v) is 8.65. The van der Waals surface area contributed by atoms with Gasteiger partial charge >= 0.3 is 43.4 Å². The molecule has 0 saturated carbocycles. The monoisotopic (exact) mass is 254 g/mol. The van der Waals surface area contributed by atoms with Crippen LogP contribution in [-0.4, -0.2) is 22.6 Å². The van der Waals surface area contributed by atoms with E-state index in [4.69, 9.17) is 32.8 Å². The Balaban J connectivity index is -0.0000000383. The molecule has 8 nitrogen and oxygen atoms in total. The van der Waals surface area contributed by atoms with Gasteiger partial charge in [0.15, 0.2) is 0 Å². The van der Waals surface area contributed by atoms with Gasteiger partial charge in [-0.1, -0.05) is 0 Å². The Kier molecular flexibility index (Phi) is 21.5. The third-order valence-corrected chi connectivity index (χ3v) is 0. The molecule has 0 atom stereocenters. The Morgan fingerprint density at radius 2 is 1.00 bits per heavy atom. The maximum absolute atomic E-state index is 8.52. The van der Waals surface area contributed by atoms with Gasteiger partial charge in [-0.25, -0.2) is 0 Å². The first kappa shape index (κ1) is 22.5. The van der Waals surface area contributed by atoms with Crippen molar-refractivity contribution in [2.75, 3.05) is 0 Å².